The Balaban J connectivity index is 1.68. The molecule has 146 valence electrons. The van der Waals surface area contributed by atoms with Gasteiger partial charge in [0.05, 0.1) is 4.92 Å². The largest absolute Gasteiger partial charge is 0.377 e. The predicted molar refractivity (Wildman–Crippen MR) is 102 cm³/mol. The number of benzene rings is 1. The second kappa shape index (κ2) is 7.17. The first-order valence-corrected chi connectivity index (χ1v) is 9.30. The van der Waals surface area contributed by atoms with E-state index in [0.29, 0.717) is 43.5 Å². The second-order valence-corrected chi connectivity index (χ2v) is 8.24. The van der Waals surface area contributed by atoms with Crippen LogP contribution in [-0.4, -0.2) is 58.8 Å². The number of piperazine rings is 1. The second-order valence-electron chi connectivity index (χ2n) is 8.24. The minimum atomic E-state index is -0.457. The SMILES string of the molecule is CC(C)(C)C(=O)N1CCN(C(=O)c2ccc(NC3CC3)c([N+](=O)[O-])c2)CC1. The summed E-state index contributed by atoms with van der Waals surface area (Å²) in [6, 6.07) is 4.88. The van der Waals surface area contributed by atoms with Crippen molar-refractivity contribution in [2.24, 2.45) is 5.41 Å². The van der Waals surface area contributed by atoms with Crippen LogP contribution in [0.3, 0.4) is 0 Å². The van der Waals surface area contributed by atoms with Gasteiger partial charge >= 0.3 is 0 Å². The standard InChI is InChI=1S/C19H26N4O4/c1-19(2,3)18(25)22-10-8-21(9-11-22)17(24)13-4-7-15(20-14-5-6-14)16(12-13)23(26)27/h4,7,12,14,20H,5-6,8-11H2,1-3H3. The first-order valence-electron chi connectivity index (χ1n) is 9.30. The van der Waals surface area contributed by atoms with Crippen LogP contribution in [0.1, 0.15) is 44.0 Å². The van der Waals surface area contributed by atoms with Crippen LogP contribution in [-0.2, 0) is 4.79 Å². The highest BCUT2D eigenvalue weighted by Gasteiger charge is 2.32. The molecule has 0 radical (unpaired) electrons. The van der Waals surface area contributed by atoms with E-state index in [1.165, 1.54) is 6.07 Å². The van der Waals surface area contributed by atoms with Crippen LogP contribution in [0, 0.1) is 15.5 Å². The molecule has 1 aromatic rings. The summed E-state index contributed by atoms with van der Waals surface area (Å²) in [6.07, 6.45) is 2.02. The van der Waals surface area contributed by atoms with Gasteiger partial charge in [0, 0.05) is 49.3 Å². The highest BCUT2D eigenvalue weighted by Crippen LogP contribution is 2.32. The lowest BCUT2D eigenvalue weighted by Gasteiger charge is -2.37. The molecule has 2 amide bonds. The van der Waals surface area contributed by atoms with Gasteiger partial charge in [-0.25, -0.2) is 0 Å². The minimum absolute atomic E-state index is 0.0701. The lowest BCUT2D eigenvalue weighted by Crippen LogP contribution is -2.53. The van der Waals surface area contributed by atoms with Gasteiger partial charge in [-0.15, -0.1) is 0 Å². The highest BCUT2D eigenvalue weighted by atomic mass is 16.6. The first-order chi connectivity index (χ1) is 12.7. The maximum Gasteiger partial charge on any atom is 0.293 e. The molecule has 0 aromatic heterocycles. The normalized spacial score (nSPS) is 17.6. The van der Waals surface area contributed by atoms with Crippen LogP contribution < -0.4 is 5.32 Å². The Hall–Kier alpha value is -2.64. The number of carbonyl (C=O) groups is 2. The molecular weight excluding hydrogens is 348 g/mol. The summed E-state index contributed by atoms with van der Waals surface area (Å²) in [7, 11) is 0. The third-order valence-electron chi connectivity index (χ3n) is 4.87. The highest BCUT2D eigenvalue weighted by molar-refractivity contribution is 5.96. The number of amides is 2. The van der Waals surface area contributed by atoms with E-state index < -0.39 is 10.3 Å². The van der Waals surface area contributed by atoms with Crippen molar-refractivity contribution in [3.8, 4) is 0 Å². The number of nitro groups is 1. The molecular formula is C19H26N4O4. The molecule has 0 unspecified atom stereocenters. The van der Waals surface area contributed by atoms with E-state index in [1.54, 1.807) is 21.9 Å². The molecule has 8 heteroatoms. The van der Waals surface area contributed by atoms with Crippen LogP contribution in [0.15, 0.2) is 18.2 Å². The topological polar surface area (TPSA) is 95.8 Å². The van der Waals surface area contributed by atoms with Crippen molar-refractivity contribution in [2.45, 2.75) is 39.7 Å². The molecule has 0 spiro atoms. The fourth-order valence-electron chi connectivity index (χ4n) is 3.15. The zero-order valence-corrected chi connectivity index (χ0v) is 16.0. The number of nitrogens with zero attached hydrogens (tertiary/aromatic N) is 3. The zero-order chi connectivity index (χ0) is 19.8. The molecule has 2 fully saturated rings. The maximum absolute atomic E-state index is 12.8. The van der Waals surface area contributed by atoms with Gasteiger partial charge in [-0.05, 0) is 25.0 Å². The Kier molecular flexibility index (Phi) is 5.08. The smallest absolute Gasteiger partial charge is 0.293 e. The summed E-state index contributed by atoms with van der Waals surface area (Å²) in [4.78, 5) is 39.5. The Morgan fingerprint density at radius 3 is 2.22 bits per heavy atom. The van der Waals surface area contributed by atoms with Crippen molar-refractivity contribution in [1.82, 2.24) is 9.80 Å². The van der Waals surface area contributed by atoms with Gasteiger partial charge in [0.25, 0.3) is 11.6 Å². The first kappa shape index (κ1) is 19.1. The molecule has 1 aliphatic carbocycles. The zero-order valence-electron chi connectivity index (χ0n) is 16.0. The summed E-state index contributed by atoms with van der Waals surface area (Å²) in [5.74, 6) is -0.167. The van der Waals surface area contributed by atoms with E-state index >= 15 is 0 Å². The summed E-state index contributed by atoms with van der Waals surface area (Å²) >= 11 is 0. The van der Waals surface area contributed by atoms with Crippen molar-refractivity contribution in [2.75, 3.05) is 31.5 Å². The van der Waals surface area contributed by atoms with E-state index in [-0.39, 0.29) is 17.5 Å². The van der Waals surface area contributed by atoms with Crippen molar-refractivity contribution >= 4 is 23.2 Å². The number of hydrogen-bond acceptors (Lipinski definition) is 5. The molecule has 27 heavy (non-hydrogen) atoms. The Morgan fingerprint density at radius 1 is 1.11 bits per heavy atom. The Morgan fingerprint density at radius 2 is 1.70 bits per heavy atom. The van der Waals surface area contributed by atoms with Crippen molar-refractivity contribution in [3.05, 3.63) is 33.9 Å². The maximum atomic E-state index is 12.8. The number of rotatable bonds is 4. The molecule has 1 saturated heterocycles. The van der Waals surface area contributed by atoms with Gasteiger partial charge in [-0.2, -0.15) is 0 Å². The van der Waals surface area contributed by atoms with Crippen molar-refractivity contribution in [3.63, 3.8) is 0 Å². The average Bonchev–Trinajstić information content (AvgIpc) is 3.44. The lowest BCUT2D eigenvalue weighted by molar-refractivity contribution is -0.384. The molecule has 1 aliphatic heterocycles. The molecule has 0 bridgehead atoms. The van der Waals surface area contributed by atoms with Gasteiger partial charge in [0.15, 0.2) is 0 Å². The van der Waals surface area contributed by atoms with Gasteiger partial charge in [0.2, 0.25) is 5.91 Å². The third-order valence-corrected chi connectivity index (χ3v) is 4.87. The summed E-state index contributed by atoms with van der Waals surface area (Å²) < 4.78 is 0. The number of hydrogen-bond donors (Lipinski definition) is 1. The van der Waals surface area contributed by atoms with Gasteiger partial charge in [-0.3, -0.25) is 19.7 Å². The van der Waals surface area contributed by atoms with Crippen LogP contribution in [0.4, 0.5) is 11.4 Å². The van der Waals surface area contributed by atoms with Crippen molar-refractivity contribution < 1.29 is 14.5 Å². The molecule has 0 atom stereocenters. The van der Waals surface area contributed by atoms with E-state index in [9.17, 15) is 19.7 Å². The number of nitro benzene ring substituents is 1. The van der Waals surface area contributed by atoms with Gasteiger partial charge < -0.3 is 15.1 Å². The molecule has 1 saturated carbocycles. The number of carbonyl (C=O) groups excluding carboxylic acids is 2. The minimum Gasteiger partial charge on any atom is -0.377 e. The van der Waals surface area contributed by atoms with E-state index in [4.69, 9.17) is 0 Å². The lowest BCUT2D eigenvalue weighted by atomic mass is 9.94. The third kappa shape index (κ3) is 4.37. The molecule has 1 heterocycles. The van der Waals surface area contributed by atoms with Crippen LogP contribution in [0.25, 0.3) is 0 Å². The fraction of sp³-hybridized carbons (Fsp3) is 0.579. The monoisotopic (exact) mass is 374 g/mol. The van der Waals surface area contributed by atoms with E-state index in [2.05, 4.69) is 5.32 Å². The molecule has 1 aromatic carbocycles. The van der Waals surface area contributed by atoms with Gasteiger partial charge in [0.1, 0.15) is 5.69 Å². The molecule has 2 aliphatic rings. The fourth-order valence-corrected chi connectivity index (χ4v) is 3.15. The summed E-state index contributed by atoms with van der Waals surface area (Å²) in [6.45, 7) is 7.44. The molecule has 8 nitrogen and oxygen atoms in total. The molecule has 3 rings (SSSR count). The number of anilines is 1. The summed E-state index contributed by atoms with van der Waals surface area (Å²) in [5, 5.41) is 14.5. The number of nitrogens with one attached hydrogen (secondary N) is 1. The average molecular weight is 374 g/mol. The summed E-state index contributed by atoms with van der Waals surface area (Å²) in [5.41, 5.74) is 0.240. The Bertz CT molecular complexity index is 759. The van der Waals surface area contributed by atoms with Crippen LogP contribution in [0.5, 0.6) is 0 Å². The molecule has 1 N–H and O–H groups in total. The quantitative estimate of drug-likeness (QED) is 0.645. The van der Waals surface area contributed by atoms with E-state index in [1.807, 2.05) is 20.8 Å². The van der Waals surface area contributed by atoms with Crippen LogP contribution >= 0.6 is 0 Å². The Labute approximate surface area is 158 Å². The predicted octanol–water partition coefficient (Wildman–Crippen LogP) is 2.50. The van der Waals surface area contributed by atoms with Crippen molar-refractivity contribution in [1.29, 1.82) is 0 Å². The van der Waals surface area contributed by atoms with Gasteiger partial charge in [-0.1, -0.05) is 20.8 Å². The van der Waals surface area contributed by atoms with E-state index in [0.717, 1.165) is 12.8 Å². The van der Waals surface area contributed by atoms with Crippen LogP contribution in [0.2, 0.25) is 0 Å².